The summed E-state index contributed by atoms with van der Waals surface area (Å²) in [4.78, 5) is 4.52. The number of sulfonamides is 1. The van der Waals surface area contributed by atoms with Crippen LogP contribution in [0.4, 0.5) is 0 Å². The summed E-state index contributed by atoms with van der Waals surface area (Å²) >= 11 is 3.31. The van der Waals surface area contributed by atoms with Gasteiger partial charge in [0.15, 0.2) is 0 Å². The zero-order valence-electron chi connectivity index (χ0n) is 13.0. The fraction of sp³-hybridized carbons (Fsp3) is 0.118. The minimum absolute atomic E-state index is 0.107. The molecule has 1 N–H and O–H groups in total. The molecule has 24 heavy (non-hydrogen) atoms. The van der Waals surface area contributed by atoms with Crippen molar-refractivity contribution in [3.8, 4) is 5.69 Å². The number of nitrogens with zero attached hydrogens (tertiary/aromatic N) is 2. The van der Waals surface area contributed by atoms with E-state index in [0.29, 0.717) is 11.4 Å². The maximum absolute atomic E-state index is 12.6. The number of aryl methyl sites for hydroxylation is 1. The van der Waals surface area contributed by atoms with Gasteiger partial charge in [0, 0.05) is 22.6 Å². The molecule has 1 aromatic heterocycles. The Kier molecular flexibility index (Phi) is 4.84. The van der Waals surface area contributed by atoms with Gasteiger partial charge in [-0.1, -0.05) is 40.2 Å². The van der Waals surface area contributed by atoms with E-state index in [2.05, 4.69) is 25.6 Å². The molecule has 124 valence electrons. The number of imidazole rings is 1. The number of para-hydroxylation sites is 1. The highest BCUT2D eigenvalue weighted by Crippen LogP contribution is 2.20. The maximum atomic E-state index is 12.6. The number of hydrogen-bond donors (Lipinski definition) is 1. The summed E-state index contributed by atoms with van der Waals surface area (Å²) in [5.74, 6) is 0.623. The Bertz CT molecular complexity index is 953. The molecule has 0 saturated carbocycles. The first-order valence-corrected chi connectivity index (χ1v) is 9.58. The summed E-state index contributed by atoms with van der Waals surface area (Å²) in [5.41, 5.74) is 1.62. The maximum Gasteiger partial charge on any atom is 0.241 e. The molecule has 0 aliphatic heterocycles. The molecule has 3 rings (SSSR count). The highest BCUT2D eigenvalue weighted by atomic mass is 79.9. The van der Waals surface area contributed by atoms with Gasteiger partial charge in [-0.05, 0) is 36.8 Å². The molecule has 0 spiro atoms. The number of halogens is 1. The van der Waals surface area contributed by atoms with Crippen LogP contribution >= 0.6 is 15.9 Å². The standard InChI is InChI=1S/C17H16BrN3O2S/c1-13-7-8-14(18)11-16(13)24(22,23)20-12-17-19-9-10-21(17)15-5-3-2-4-6-15/h2-11,20H,12H2,1H3. The lowest BCUT2D eigenvalue weighted by Gasteiger charge is -2.11. The summed E-state index contributed by atoms with van der Waals surface area (Å²) in [7, 11) is -3.62. The SMILES string of the molecule is Cc1ccc(Br)cc1S(=O)(=O)NCc1nccn1-c1ccccc1. The van der Waals surface area contributed by atoms with Gasteiger partial charge in [-0.2, -0.15) is 0 Å². The van der Waals surface area contributed by atoms with E-state index in [1.165, 1.54) is 0 Å². The Labute approximate surface area is 149 Å². The van der Waals surface area contributed by atoms with Crippen LogP contribution in [0.15, 0.2) is 70.3 Å². The normalized spacial score (nSPS) is 11.6. The molecule has 3 aromatic rings. The summed E-state index contributed by atoms with van der Waals surface area (Å²) in [6.07, 6.45) is 3.46. The van der Waals surface area contributed by atoms with Crippen molar-refractivity contribution in [2.75, 3.05) is 0 Å². The third kappa shape index (κ3) is 3.58. The average molecular weight is 406 g/mol. The molecule has 5 nitrogen and oxygen atoms in total. The molecule has 0 fully saturated rings. The molecule has 2 aromatic carbocycles. The Balaban J connectivity index is 1.84. The van der Waals surface area contributed by atoms with Crippen LogP contribution in [0.1, 0.15) is 11.4 Å². The first-order valence-electron chi connectivity index (χ1n) is 7.31. The molecule has 0 radical (unpaired) electrons. The Morgan fingerprint density at radius 3 is 2.67 bits per heavy atom. The minimum Gasteiger partial charge on any atom is -0.303 e. The fourth-order valence-electron chi connectivity index (χ4n) is 2.39. The number of benzene rings is 2. The summed E-state index contributed by atoms with van der Waals surface area (Å²) in [6.45, 7) is 1.88. The fourth-order valence-corrected chi connectivity index (χ4v) is 4.15. The van der Waals surface area contributed by atoms with Crippen LogP contribution in [0.5, 0.6) is 0 Å². The molecule has 7 heteroatoms. The second-order valence-electron chi connectivity index (χ2n) is 5.28. The smallest absolute Gasteiger partial charge is 0.241 e. The van der Waals surface area contributed by atoms with E-state index in [-0.39, 0.29) is 11.4 Å². The topological polar surface area (TPSA) is 64.0 Å². The molecule has 0 amide bonds. The quantitative estimate of drug-likeness (QED) is 0.706. The minimum atomic E-state index is -3.62. The monoisotopic (exact) mass is 405 g/mol. The molecular formula is C17H16BrN3O2S. The van der Waals surface area contributed by atoms with Crippen molar-refractivity contribution in [3.63, 3.8) is 0 Å². The van der Waals surface area contributed by atoms with Crippen molar-refractivity contribution in [3.05, 3.63) is 76.8 Å². The van der Waals surface area contributed by atoms with Crippen molar-refractivity contribution in [1.29, 1.82) is 0 Å². The second kappa shape index (κ2) is 6.88. The number of aromatic nitrogens is 2. The summed E-state index contributed by atoms with van der Waals surface area (Å²) in [5, 5.41) is 0. The number of nitrogens with one attached hydrogen (secondary N) is 1. The van der Waals surface area contributed by atoms with Crippen molar-refractivity contribution < 1.29 is 8.42 Å². The van der Waals surface area contributed by atoms with E-state index in [9.17, 15) is 8.42 Å². The molecule has 0 saturated heterocycles. The summed E-state index contributed by atoms with van der Waals surface area (Å²) in [6, 6.07) is 14.8. The van der Waals surface area contributed by atoms with Crippen LogP contribution < -0.4 is 4.72 Å². The number of rotatable bonds is 5. The highest BCUT2D eigenvalue weighted by molar-refractivity contribution is 9.10. The molecule has 1 heterocycles. The van der Waals surface area contributed by atoms with Crippen molar-refractivity contribution in [2.24, 2.45) is 0 Å². The predicted molar refractivity (Wildman–Crippen MR) is 96.5 cm³/mol. The predicted octanol–water partition coefficient (Wildman–Crippen LogP) is 3.42. The van der Waals surface area contributed by atoms with Crippen molar-refractivity contribution in [1.82, 2.24) is 14.3 Å². The van der Waals surface area contributed by atoms with E-state index >= 15 is 0 Å². The molecular weight excluding hydrogens is 390 g/mol. The van der Waals surface area contributed by atoms with Crippen LogP contribution in [-0.2, 0) is 16.6 Å². The lowest BCUT2D eigenvalue weighted by atomic mass is 10.2. The van der Waals surface area contributed by atoms with Gasteiger partial charge in [-0.25, -0.2) is 18.1 Å². The van der Waals surface area contributed by atoms with Crippen LogP contribution in [-0.4, -0.2) is 18.0 Å². The van der Waals surface area contributed by atoms with E-state index in [1.54, 1.807) is 25.3 Å². The number of hydrogen-bond acceptors (Lipinski definition) is 3. The zero-order chi connectivity index (χ0) is 17.2. The lowest BCUT2D eigenvalue weighted by Crippen LogP contribution is -2.25. The van der Waals surface area contributed by atoms with Gasteiger partial charge in [0.1, 0.15) is 5.82 Å². The first kappa shape index (κ1) is 16.9. The van der Waals surface area contributed by atoms with E-state index in [0.717, 1.165) is 10.2 Å². The van der Waals surface area contributed by atoms with E-state index < -0.39 is 10.0 Å². The van der Waals surface area contributed by atoms with Gasteiger partial charge in [0.05, 0.1) is 11.4 Å². The Morgan fingerprint density at radius 1 is 1.17 bits per heavy atom. The third-order valence-electron chi connectivity index (χ3n) is 3.61. The van der Waals surface area contributed by atoms with Crippen molar-refractivity contribution >= 4 is 26.0 Å². The summed E-state index contributed by atoms with van der Waals surface area (Å²) < 4.78 is 30.4. The van der Waals surface area contributed by atoms with Gasteiger partial charge in [-0.15, -0.1) is 0 Å². The van der Waals surface area contributed by atoms with Crippen LogP contribution in [0, 0.1) is 6.92 Å². The molecule has 0 atom stereocenters. The molecule has 0 bridgehead atoms. The van der Waals surface area contributed by atoms with E-state index in [1.807, 2.05) is 47.2 Å². The Morgan fingerprint density at radius 2 is 1.92 bits per heavy atom. The lowest BCUT2D eigenvalue weighted by molar-refractivity contribution is 0.578. The van der Waals surface area contributed by atoms with Gasteiger partial charge in [-0.3, -0.25) is 0 Å². The van der Waals surface area contributed by atoms with E-state index in [4.69, 9.17) is 0 Å². The third-order valence-corrected chi connectivity index (χ3v) is 5.65. The first-order chi connectivity index (χ1) is 11.5. The highest BCUT2D eigenvalue weighted by Gasteiger charge is 2.18. The molecule has 0 aliphatic carbocycles. The molecule has 0 aliphatic rings. The van der Waals surface area contributed by atoms with Crippen molar-refractivity contribution in [2.45, 2.75) is 18.4 Å². The molecule has 0 unspecified atom stereocenters. The van der Waals surface area contributed by atoms with Crippen LogP contribution in [0.2, 0.25) is 0 Å². The average Bonchev–Trinajstić information content (AvgIpc) is 3.04. The van der Waals surface area contributed by atoms with Gasteiger partial charge < -0.3 is 4.57 Å². The van der Waals surface area contributed by atoms with Gasteiger partial charge in [0.2, 0.25) is 10.0 Å². The Hall–Kier alpha value is -1.96. The van der Waals surface area contributed by atoms with Gasteiger partial charge >= 0.3 is 0 Å². The zero-order valence-corrected chi connectivity index (χ0v) is 15.4. The second-order valence-corrected chi connectivity index (χ2v) is 7.93. The van der Waals surface area contributed by atoms with Crippen LogP contribution in [0.25, 0.3) is 5.69 Å². The van der Waals surface area contributed by atoms with Crippen LogP contribution in [0.3, 0.4) is 0 Å². The largest absolute Gasteiger partial charge is 0.303 e. The van der Waals surface area contributed by atoms with Gasteiger partial charge in [0.25, 0.3) is 0 Å².